The summed E-state index contributed by atoms with van der Waals surface area (Å²) in [5, 5.41) is 0. The zero-order chi connectivity index (χ0) is 16.5. The Bertz CT molecular complexity index is 395. The molecule has 3 atom stereocenters. The van der Waals surface area contributed by atoms with E-state index in [-0.39, 0.29) is 26.2 Å². The predicted octanol–water partition coefficient (Wildman–Crippen LogP) is -0.588. The minimum absolute atomic E-state index is 0.148. The van der Waals surface area contributed by atoms with Gasteiger partial charge in [0.05, 0.1) is 6.42 Å². The van der Waals surface area contributed by atoms with Gasteiger partial charge in [-0.2, -0.15) is 0 Å². The van der Waals surface area contributed by atoms with Crippen LogP contribution >= 0.6 is 0 Å². The first-order valence-corrected chi connectivity index (χ1v) is 6.62. The Labute approximate surface area is 127 Å². The summed E-state index contributed by atoms with van der Waals surface area (Å²) in [4.78, 5) is 33.7. The number of carbonyl (C=O) groups is 3. The van der Waals surface area contributed by atoms with E-state index < -0.39 is 36.4 Å². The maximum atomic E-state index is 11.5. The molecule has 1 rings (SSSR count). The number of hydrogen-bond acceptors (Lipinski definition) is 9. The summed E-state index contributed by atoms with van der Waals surface area (Å²) in [6, 6.07) is 0. The predicted molar refractivity (Wildman–Crippen MR) is 69.6 cm³/mol. The van der Waals surface area contributed by atoms with Gasteiger partial charge >= 0.3 is 17.9 Å². The second-order valence-corrected chi connectivity index (χ2v) is 4.53. The van der Waals surface area contributed by atoms with Gasteiger partial charge in [0.2, 0.25) is 6.29 Å². The van der Waals surface area contributed by atoms with Crippen LogP contribution in [0.3, 0.4) is 0 Å². The summed E-state index contributed by atoms with van der Waals surface area (Å²) in [5.41, 5.74) is 0. The molecule has 1 aliphatic rings. The minimum Gasteiger partial charge on any atom is -0.461 e. The first kappa shape index (κ1) is 18.3. The number of ether oxygens (including phenoxy) is 6. The molecule has 22 heavy (non-hydrogen) atoms. The zero-order valence-electron chi connectivity index (χ0n) is 12.7. The molecule has 0 saturated carbocycles. The van der Waals surface area contributed by atoms with Gasteiger partial charge in [0.1, 0.15) is 32.0 Å². The van der Waals surface area contributed by atoms with Crippen molar-refractivity contribution >= 4 is 17.9 Å². The van der Waals surface area contributed by atoms with Gasteiger partial charge in [-0.05, 0) is 0 Å². The highest BCUT2D eigenvalue weighted by atomic mass is 16.7. The van der Waals surface area contributed by atoms with Gasteiger partial charge in [0.15, 0.2) is 0 Å². The molecule has 1 fully saturated rings. The van der Waals surface area contributed by atoms with Crippen LogP contribution in [-0.2, 0) is 42.8 Å². The van der Waals surface area contributed by atoms with Crippen LogP contribution in [0.1, 0.15) is 13.3 Å². The topological polar surface area (TPSA) is 107 Å². The van der Waals surface area contributed by atoms with E-state index in [1.807, 2.05) is 0 Å². The number of rotatable bonds is 8. The van der Waals surface area contributed by atoms with E-state index in [9.17, 15) is 14.4 Å². The summed E-state index contributed by atoms with van der Waals surface area (Å²) in [6.07, 6.45) is -2.14. The van der Waals surface area contributed by atoms with Crippen molar-refractivity contribution in [2.75, 3.05) is 34.0 Å². The van der Waals surface area contributed by atoms with Crippen LogP contribution in [0.25, 0.3) is 0 Å². The van der Waals surface area contributed by atoms with Crippen LogP contribution in [0.5, 0.6) is 0 Å². The van der Waals surface area contributed by atoms with Crippen LogP contribution in [0.15, 0.2) is 0 Å². The highest BCUT2D eigenvalue weighted by Crippen LogP contribution is 2.25. The molecule has 9 heteroatoms. The first-order chi connectivity index (χ1) is 10.5. The first-order valence-electron chi connectivity index (χ1n) is 6.62. The SMILES string of the molecule is COCC(=O)OC[C@H]1O[C@H](OC(C)=O)C[C@@H]1OC(=O)COC. The molecule has 0 aliphatic carbocycles. The van der Waals surface area contributed by atoms with Crippen LogP contribution < -0.4 is 0 Å². The summed E-state index contributed by atoms with van der Waals surface area (Å²) < 4.78 is 29.7. The summed E-state index contributed by atoms with van der Waals surface area (Å²) >= 11 is 0. The van der Waals surface area contributed by atoms with E-state index in [4.69, 9.17) is 18.9 Å². The fourth-order valence-electron chi connectivity index (χ4n) is 1.87. The third kappa shape index (κ3) is 6.37. The van der Waals surface area contributed by atoms with E-state index in [0.29, 0.717) is 0 Å². The highest BCUT2D eigenvalue weighted by Gasteiger charge is 2.40. The number of carbonyl (C=O) groups excluding carboxylic acids is 3. The van der Waals surface area contributed by atoms with Crippen molar-refractivity contribution in [2.45, 2.75) is 31.8 Å². The van der Waals surface area contributed by atoms with Gasteiger partial charge in [-0.15, -0.1) is 0 Å². The molecular formula is C13H20O9. The lowest BCUT2D eigenvalue weighted by molar-refractivity contribution is -0.181. The van der Waals surface area contributed by atoms with Crippen LogP contribution in [0, 0.1) is 0 Å². The molecule has 0 unspecified atom stereocenters. The molecule has 9 nitrogen and oxygen atoms in total. The second-order valence-electron chi connectivity index (χ2n) is 4.53. The van der Waals surface area contributed by atoms with Crippen LogP contribution in [0.2, 0.25) is 0 Å². The molecular weight excluding hydrogens is 300 g/mol. The van der Waals surface area contributed by atoms with E-state index in [0.717, 1.165) is 0 Å². The Morgan fingerprint density at radius 2 is 1.68 bits per heavy atom. The fraction of sp³-hybridized carbons (Fsp3) is 0.769. The van der Waals surface area contributed by atoms with Gasteiger partial charge in [0, 0.05) is 21.1 Å². The smallest absolute Gasteiger partial charge is 0.332 e. The van der Waals surface area contributed by atoms with Crippen molar-refractivity contribution in [3.63, 3.8) is 0 Å². The Hall–Kier alpha value is -1.71. The third-order valence-corrected chi connectivity index (χ3v) is 2.68. The lowest BCUT2D eigenvalue weighted by atomic mass is 10.2. The standard InChI is InChI=1S/C13H20O9/c1-8(14)20-13-4-9(21-12(16)7-18-3)10(22-13)5-19-11(15)6-17-2/h9-10,13H,4-7H2,1-3H3/t9-,10+,13-/m0/s1. The van der Waals surface area contributed by atoms with E-state index in [1.165, 1.54) is 21.1 Å². The zero-order valence-corrected chi connectivity index (χ0v) is 12.7. The molecule has 0 bridgehead atoms. The molecule has 0 radical (unpaired) electrons. The molecule has 0 aromatic rings. The second kappa shape index (κ2) is 9.34. The molecule has 1 aliphatic heterocycles. The normalized spacial score (nSPS) is 23.9. The van der Waals surface area contributed by atoms with Crippen molar-refractivity contribution in [3.8, 4) is 0 Å². The largest absolute Gasteiger partial charge is 0.461 e. The lowest BCUT2D eigenvalue weighted by Crippen LogP contribution is -2.33. The molecule has 1 heterocycles. The quantitative estimate of drug-likeness (QED) is 0.428. The summed E-state index contributed by atoms with van der Waals surface area (Å²) in [5.74, 6) is -1.69. The maximum absolute atomic E-state index is 11.5. The monoisotopic (exact) mass is 320 g/mol. The Morgan fingerprint density at radius 1 is 1.05 bits per heavy atom. The maximum Gasteiger partial charge on any atom is 0.332 e. The molecule has 0 aromatic heterocycles. The molecule has 0 N–H and O–H groups in total. The van der Waals surface area contributed by atoms with Crippen LogP contribution in [0.4, 0.5) is 0 Å². The minimum atomic E-state index is -0.857. The molecule has 0 aromatic carbocycles. The van der Waals surface area contributed by atoms with Crippen molar-refractivity contribution in [3.05, 3.63) is 0 Å². The van der Waals surface area contributed by atoms with Crippen molar-refractivity contribution in [1.29, 1.82) is 0 Å². The average molecular weight is 320 g/mol. The van der Waals surface area contributed by atoms with E-state index in [1.54, 1.807) is 0 Å². The third-order valence-electron chi connectivity index (χ3n) is 2.68. The van der Waals surface area contributed by atoms with Crippen molar-refractivity contribution in [2.24, 2.45) is 0 Å². The van der Waals surface area contributed by atoms with E-state index >= 15 is 0 Å². The summed E-state index contributed by atoms with van der Waals surface area (Å²) in [6.45, 7) is 0.672. The van der Waals surface area contributed by atoms with Gasteiger partial charge in [-0.3, -0.25) is 4.79 Å². The van der Waals surface area contributed by atoms with Gasteiger partial charge in [-0.25, -0.2) is 9.59 Å². The Kier molecular flexibility index (Phi) is 7.78. The Morgan fingerprint density at radius 3 is 2.27 bits per heavy atom. The Balaban J connectivity index is 2.56. The fourth-order valence-corrected chi connectivity index (χ4v) is 1.87. The van der Waals surface area contributed by atoms with Gasteiger partial charge in [-0.1, -0.05) is 0 Å². The van der Waals surface area contributed by atoms with Gasteiger partial charge < -0.3 is 28.4 Å². The molecule has 0 amide bonds. The van der Waals surface area contributed by atoms with Crippen LogP contribution in [-0.4, -0.2) is 70.4 Å². The van der Waals surface area contributed by atoms with Crippen molar-refractivity contribution < 1.29 is 42.8 Å². The molecule has 126 valence electrons. The highest BCUT2D eigenvalue weighted by molar-refractivity contribution is 5.71. The number of esters is 3. The van der Waals surface area contributed by atoms with E-state index in [2.05, 4.69) is 9.47 Å². The molecule has 0 spiro atoms. The summed E-state index contributed by atoms with van der Waals surface area (Å²) in [7, 11) is 2.72. The average Bonchev–Trinajstić information content (AvgIpc) is 2.78. The van der Waals surface area contributed by atoms with Crippen molar-refractivity contribution in [1.82, 2.24) is 0 Å². The number of methoxy groups -OCH3 is 2. The van der Waals surface area contributed by atoms with Gasteiger partial charge in [0.25, 0.3) is 0 Å². The lowest BCUT2D eigenvalue weighted by Gasteiger charge is -2.18. The number of hydrogen-bond donors (Lipinski definition) is 0. The molecule has 1 saturated heterocycles.